The Kier molecular flexibility index (Phi) is 14.7. The Labute approximate surface area is 306 Å². The van der Waals surface area contributed by atoms with Gasteiger partial charge in [-0.15, -0.1) is 6.42 Å². The number of terminal acetylenes is 1. The fourth-order valence-electron chi connectivity index (χ4n) is 4.69. The number of nitrogens with two attached hydrogens (primary N) is 1. The predicted octanol–water partition coefficient (Wildman–Crippen LogP) is 6.04. The number of anilines is 2. The summed E-state index contributed by atoms with van der Waals surface area (Å²) in [6.07, 6.45) is 6.87. The normalized spacial score (nSPS) is 14.2. The monoisotopic (exact) mass is 780 g/mol. The van der Waals surface area contributed by atoms with E-state index in [1.165, 1.54) is 18.2 Å². The van der Waals surface area contributed by atoms with Crippen LogP contribution in [0.2, 0.25) is 10.0 Å². The van der Waals surface area contributed by atoms with Gasteiger partial charge < -0.3 is 30.1 Å². The smallest absolute Gasteiger partial charge is 0.339 e. The van der Waals surface area contributed by atoms with Crippen LogP contribution >= 0.6 is 30.8 Å². The van der Waals surface area contributed by atoms with Crippen LogP contribution in [-0.2, 0) is 18.9 Å². The second-order valence-corrected chi connectivity index (χ2v) is 13.3. The van der Waals surface area contributed by atoms with Gasteiger partial charge in [-0.25, -0.2) is 9.29 Å². The standard InChI is InChI=1S/C18H15ClFNO3.C12H9ClN2O3.C3H8NO5P/c1-3-10(2)24-16-9-15(14(20)8-13(16)19)21-17(22)11-6-4-5-7-12(11)18(21)23;13-11-10(18-8-4-2-1-3-5-8)7-6-9(12(11)14)15(16)17;5-3(6)1-4-2-10(7,8)9/h1,8-10H,4-7H2,2H3;1-7H,14H2;4H,1-2H2,(H,5,6)(H2,7,8,9). The van der Waals surface area contributed by atoms with Gasteiger partial charge in [-0.2, -0.15) is 0 Å². The minimum absolute atomic E-state index is 0.0233. The van der Waals surface area contributed by atoms with E-state index in [1.54, 1.807) is 31.2 Å². The van der Waals surface area contributed by atoms with Crippen LogP contribution in [0.4, 0.5) is 21.5 Å². The number of para-hydroxylation sites is 1. The lowest BCUT2D eigenvalue weighted by molar-refractivity contribution is -0.383. The van der Waals surface area contributed by atoms with Crippen molar-refractivity contribution >= 4 is 65.6 Å². The largest absolute Gasteiger partial charge is 0.480 e. The summed E-state index contributed by atoms with van der Waals surface area (Å²) in [7, 11) is -4.10. The number of nitrogens with one attached hydrogen (secondary N) is 1. The number of nitro benzene ring substituents is 1. The number of carboxylic acid groups (broad SMARTS) is 1. The molecular weight excluding hydrogens is 749 g/mol. The van der Waals surface area contributed by atoms with Crippen molar-refractivity contribution in [2.24, 2.45) is 0 Å². The van der Waals surface area contributed by atoms with E-state index in [1.807, 2.05) is 6.07 Å². The number of carboxylic acids is 1. The van der Waals surface area contributed by atoms with Crippen LogP contribution in [0.15, 0.2) is 65.7 Å². The molecule has 19 heteroatoms. The maximum absolute atomic E-state index is 14.4. The molecule has 52 heavy (non-hydrogen) atoms. The summed E-state index contributed by atoms with van der Waals surface area (Å²) in [4.78, 5) is 62.2. The Hall–Kier alpha value is -5.01. The Bertz CT molecular complexity index is 1940. The average molecular weight is 782 g/mol. The van der Waals surface area contributed by atoms with E-state index in [0.29, 0.717) is 29.7 Å². The number of aliphatic carboxylic acids is 1. The molecule has 0 saturated heterocycles. The molecule has 5 rings (SSSR count). The second-order valence-electron chi connectivity index (χ2n) is 10.9. The highest BCUT2D eigenvalue weighted by atomic mass is 35.5. The maximum atomic E-state index is 14.4. The number of benzene rings is 3. The van der Waals surface area contributed by atoms with Gasteiger partial charge in [0.2, 0.25) is 0 Å². The Morgan fingerprint density at radius 1 is 1.12 bits per heavy atom. The summed E-state index contributed by atoms with van der Waals surface area (Å²) in [5, 5.41) is 20.8. The van der Waals surface area contributed by atoms with Crippen molar-refractivity contribution in [1.29, 1.82) is 0 Å². The van der Waals surface area contributed by atoms with E-state index in [4.69, 9.17) is 59.7 Å². The number of imide groups is 1. The molecule has 1 aliphatic heterocycles. The summed E-state index contributed by atoms with van der Waals surface area (Å²) in [6.45, 7) is 1.19. The van der Waals surface area contributed by atoms with E-state index in [-0.39, 0.29) is 38.6 Å². The molecule has 1 atom stereocenters. The number of nitro groups is 1. The molecule has 1 unspecified atom stereocenters. The van der Waals surface area contributed by atoms with Crippen molar-refractivity contribution in [3.8, 4) is 29.6 Å². The van der Waals surface area contributed by atoms with Gasteiger partial charge >= 0.3 is 13.6 Å². The Morgan fingerprint density at radius 3 is 2.23 bits per heavy atom. The quantitative estimate of drug-likeness (QED) is 0.0395. The third kappa shape index (κ3) is 11.2. The first kappa shape index (κ1) is 41.4. The molecular formula is C33H32Cl2FN4O11P. The molecule has 2 aliphatic rings. The van der Waals surface area contributed by atoms with E-state index >= 15 is 0 Å². The Morgan fingerprint density at radius 2 is 1.71 bits per heavy atom. The van der Waals surface area contributed by atoms with Crippen LogP contribution in [0.5, 0.6) is 17.2 Å². The van der Waals surface area contributed by atoms with Crippen LogP contribution in [0.3, 0.4) is 0 Å². The third-order valence-electron chi connectivity index (χ3n) is 7.05. The summed E-state index contributed by atoms with van der Waals surface area (Å²) < 4.78 is 35.4. The van der Waals surface area contributed by atoms with Crippen LogP contribution in [0.25, 0.3) is 0 Å². The molecule has 0 saturated carbocycles. The lowest BCUT2D eigenvalue weighted by atomic mass is 9.93. The van der Waals surface area contributed by atoms with E-state index in [2.05, 4.69) is 11.2 Å². The van der Waals surface area contributed by atoms with Crippen molar-refractivity contribution in [1.82, 2.24) is 5.32 Å². The predicted molar refractivity (Wildman–Crippen MR) is 190 cm³/mol. The molecule has 2 amide bonds. The number of hydrogen-bond acceptors (Lipinski definition) is 10. The number of carbonyl (C=O) groups excluding carboxylic acids is 2. The van der Waals surface area contributed by atoms with Crippen molar-refractivity contribution in [3.63, 3.8) is 0 Å². The van der Waals surface area contributed by atoms with Gasteiger partial charge in [-0.05, 0) is 56.9 Å². The highest BCUT2D eigenvalue weighted by Crippen LogP contribution is 2.41. The van der Waals surface area contributed by atoms with Gasteiger partial charge in [-0.1, -0.05) is 47.3 Å². The van der Waals surface area contributed by atoms with Gasteiger partial charge in [-0.3, -0.25) is 34.4 Å². The van der Waals surface area contributed by atoms with Crippen molar-refractivity contribution in [2.45, 2.75) is 38.7 Å². The molecule has 0 radical (unpaired) electrons. The first-order valence-electron chi connectivity index (χ1n) is 15.1. The second kappa shape index (κ2) is 18.5. The van der Waals surface area contributed by atoms with E-state index in [9.17, 15) is 33.5 Å². The summed E-state index contributed by atoms with van der Waals surface area (Å²) in [6, 6.07) is 13.9. The zero-order chi connectivity index (χ0) is 38.7. The van der Waals surface area contributed by atoms with Crippen molar-refractivity contribution < 1.29 is 52.6 Å². The number of amides is 2. The van der Waals surface area contributed by atoms with Crippen LogP contribution in [0, 0.1) is 28.3 Å². The lowest BCUT2D eigenvalue weighted by Gasteiger charge is -2.19. The van der Waals surface area contributed by atoms with E-state index in [0.717, 1.165) is 23.8 Å². The minimum atomic E-state index is -4.10. The van der Waals surface area contributed by atoms with Crippen molar-refractivity contribution in [3.05, 3.63) is 91.7 Å². The average Bonchev–Trinajstić information content (AvgIpc) is 3.33. The number of carbonyl (C=O) groups is 3. The number of nitrogen functional groups attached to an aromatic ring is 1. The molecule has 15 nitrogen and oxygen atoms in total. The van der Waals surface area contributed by atoms with Gasteiger partial charge in [0.1, 0.15) is 33.8 Å². The highest BCUT2D eigenvalue weighted by molar-refractivity contribution is 7.51. The van der Waals surface area contributed by atoms with Crippen LogP contribution in [0.1, 0.15) is 32.6 Å². The summed E-state index contributed by atoms with van der Waals surface area (Å²) >= 11 is 11.9. The number of hydrogen-bond donors (Lipinski definition) is 5. The van der Waals surface area contributed by atoms with Gasteiger partial charge in [0.05, 0.1) is 28.5 Å². The van der Waals surface area contributed by atoms with Crippen molar-refractivity contribution in [2.75, 3.05) is 23.5 Å². The van der Waals surface area contributed by atoms with Gasteiger partial charge in [0, 0.05) is 23.3 Å². The van der Waals surface area contributed by atoms with Gasteiger partial charge in [0.15, 0.2) is 6.10 Å². The molecule has 1 heterocycles. The summed E-state index contributed by atoms with van der Waals surface area (Å²) in [5.74, 6) is 0.522. The molecule has 6 N–H and O–H groups in total. The highest BCUT2D eigenvalue weighted by Gasteiger charge is 2.41. The maximum Gasteiger partial charge on any atom is 0.339 e. The molecule has 0 bridgehead atoms. The molecule has 3 aromatic carbocycles. The fraction of sp³-hybridized carbons (Fsp3) is 0.242. The topological polar surface area (TPSA) is 232 Å². The third-order valence-corrected chi connectivity index (χ3v) is 8.37. The lowest BCUT2D eigenvalue weighted by Crippen LogP contribution is -2.32. The summed E-state index contributed by atoms with van der Waals surface area (Å²) in [5.41, 5.74) is 6.06. The van der Waals surface area contributed by atoms with Crippen LogP contribution < -0.4 is 25.4 Å². The molecule has 0 aromatic heterocycles. The zero-order valence-corrected chi connectivity index (χ0v) is 29.7. The first-order valence-corrected chi connectivity index (χ1v) is 17.7. The minimum Gasteiger partial charge on any atom is -0.480 e. The Balaban J connectivity index is 0.000000230. The zero-order valence-electron chi connectivity index (χ0n) is 27.3. The molecule has 276 valence electrons. The number of rotatable bonds is 10. The molecule has 1 aliphatic carbocycles. The molecule has 0 fully saturated rings. The SMILES string of the molecule is C#CC(C)Oc1cc(N2C(=O)C3=C(CCCC3)C2=O)c(F)cc1Cl.Nc1c([N+](=O)[O-])ccc(Oc2ccccc2)c1Cl.O=C(O)CNCP(=O)(O)O. The molecule has 0 spiro atoms. The number of ether oxygens (including phenoxy) is 2. The fourth-order valence-corrected chi connectivity index (χ4v) is 5.48. The first-order chi connectivity index (χ1) is 24.4. The number of nitrogens with zero attached hydrogens (tertiary/aromatic N) is 2. The number of halogens is 3. The molecule has 3 aromatic rings. The van der Waals surface area contributed by atoms with E-state index < -0.39 is 55.1 Å². The van der Waals surface area contributed by atoms with Crippen LogP contribution in [-0.4, -0.2) is 56.5 Å². The van der Waals surface area contributed by atoms with Gasteiger partial charge in [0.25, 0.3) is 17.5 Å².